The SMILES string of the molecule is C.Cn1nc(C(F)(F)F)cc1S(=O)(=O)C(C)(F)C1CCN(C(=O)OC(C)(C)C)CC1.Cn1nc(C(F)(F)F)cc1S(=O)(=O)[C@@](C)(F)C1CCN(C(=O)OC(C)(C)C)CC1.Cn1nc(C(F)(F)F)cc1S(=O)(=O)[C@](C)(F)C1CCN(C(=O)OC(C)(C)C)CC1. The Morgan fingerprint density at radius 1 is 0.386 bits per heavy atom. The first kappa shape index (κ1) is 76.7. The van der Waals surface area contributed by atoms with E-state index in [2.05, 4.69) is 15.3 Å². The quantitative estimate of drug-likeness (QED) is 0.143. The second-order valence-electron chi connectivity index (χ2n) is 24.7. The number of rotatable bonds is 9. The standard InChI is InChI=1S/3C17H25F4N3O4S.CH4/c3*1-15(2,3)28-14(25)24-8-6-11(7-9-24)16(4,18)29(26,27)13-10-12(17(19,20)21)22-23(13)5;/h3*10-11H,6-9H2,1-5H3;1H4/t2*16-;;/m10../s1. The van der Waals surface area contributed by atoms with E-state index < -0.39 is 148 Å². The molecule has 0 aliphatic carbocycles. The highest BCUT2D eigenvalue weighted by atomic mass is 32.2. The lowest BCUT2D eigenvalue weighted by Crippen LogP contribution is -2.48. The van der Waals surface area contributed by atoms with E-state index in [1.165, 1.54) is 14.7 Å². The summed E-state index contributed by atoms with van der Waals surface area (Å²) < 4.78 is 256. The van der Waals surface area contributed by atoms with Crippen LogP contribution in [0.15, 0.2) is 33.3 Å². The summed E-state index contributed by atoms with van der Waals surface area (Å²) in [6.45, 7) is 18.3. The molecule has 36 heteroatoms. The number of carbonyl (C=O) groups excluding carboxylic acids is 3. The van der Waals surface area contributed by atoms with Crippen molar-refractivity contribution in [2.75, 3.05) is 39.3 Å². The van der Waals surface area contributed by atoms with E-state index in [9.17, 15) is 79.2 Å². The van der Waals surface area contributed by atoms with E-state index in [0.29, 0.717) is 32.2 Å². The zero-order valence-electron chi connectivity index (χ0n) is 50.6. The molecule has 3 aromatic heterocycles. The summed E-state index contributed by atoms with van der Waals surface area (Å²) in [5.74, 6) is -3.01. The van der Waals surface area contributed by atoms with Crippen molar-refractivity contribution >= 4 is 47.8 Å². The molecule has 506 valence electrons. The van der Waals surface area contributed by atoms with Crippen LogP contribution in [0.3, 0.4) is 0 Å². The predicted molar refractivity (Wildman–Crippen MR) is 293 cm³/mol. The highest BCUT2D eigenvalue weighted by Crippen LogP contribution is 2.44. The molecule has 0 spiro atoms. The largest absolute Gasteiger partial charge is 0.444 e. The van der Waals surface area contributed by atoms with Crippen molar-refractivity contribution in [2.24, 2.45) is 38.9 Å². The minimum absolute atomic E-state index is 0. The Bertz CT molecular complexity index is 2940. The number of likely N-dealkylation sites (tertiary alicyclic amines) is 3. The number of alkyl halides is 12. The van der Waals surface area contributed by atoms with Crippen molar-refractivity contribution in [2.45, 2.75) is 194 Å². The Morgan fingerprint density at radius 2 is 0.557 bits per heavy atom. The van der Waals surface area contributed by atoms with Crippen LogP contribution in [-0.4, -0.2) is 159 Å². The average molecular weight is 1350 g/mol. The number of sulfone groups is 3. The van der Waals surface area contributed by atoms with Crippen molar-refractivity contribution in [3.8, 4) is 0 Å². The number of amides is 3. The number of halogens is 12. The Balaban J connectivity index is 0.000000343. The van der Waals surface area contributed by atoms with Crippen LogP contribution in [0.2, 0.25) is 0 Å². The van der Waals surface area contributed by atoms with Crippen LogP contribution in [0.5, 0.6) is 0 Å². The van der Waals surface area contributed by atoms with Crippen LogP contribution in [0.4, 0.5) is 67.1 Å². The van der Waals surface area contributed by atoms with Gasteiger partial charge < -0.3 is 28.9 Å². The van der Waals surface area contributed by atoms with Crippen LogP contribution in [-0.2, 0) is 83.4 Å². The molecular formula is C52H79F12N9O12S3. The molecule has 88 heavy (non-hydrogen) atoms. The lowest BCUT2D eigenvalue weighted by atomic mass is 9.92. The molecule has 1 unspecified atom stereocenters. The van der Waals surface area contributed by atoms with Crippen LogP contribution >= 0.6 is 0 Å². The van der Waals surface area contributed by atoms with Gasteiger partial charge in [-0.3, -0.25) is 14.0 Å². The third-order valence-electron chi connectivity index (χ3n) is 14.4. The molecule has 21 nitrogen and oxygen atoms in total. The fourth-order valence-corrected chi connectivity index (χ4v) is 14.7. The lowest BCUT2D eigenvalue weighted by molar-refractivity contribution is -0.142. The molecule has 6 heterocycles. The van der Waals surface area contributed by atoms with E-state index in [-0.39, 0.29) is 85.2 Å². The fourth-order valence-electron chi connectivity index (χ4n) is 9.50. The predicted octanol–water partition coefficient (Wildman–Crippen LogP) is 11.3. The van der Waals surface area contributed by atoms with Crippen molar-refractivity contribution in [3.05, 3.63) is 35.3 Å². The summed E-state index contributed by atoms with van der Waals surface area (Å²) >= 11 is 0. The second-order valence-corrected chi connectivity index (χ2v) is 31.3. The van der Waals surface area contributed by atoms with Crippen molar-refractivity contribution in [1.29, 1.82) is 0 Å². The highest BCUT2D eigenvalue weighted by Gasteiger charge is 2.54. The van der Waals surface area contributed by atoms with Gasteiger partial charge in [-0.1, -0.05) is 7.43 Å². The minimum atomic E-state index is -4.85. The molecular weight excluding hydrogens is 1270 g/mol. The molecule has 3 fully saturated rings. The molecule has 3 aromatic rings. The molecule has 0 radical (unpaired) electrons. The van der Waals surface area contributed by atoms with E-state index in [1.807, 2.05) is 0 Å². The highest BCUT2D eigenvalue weighted by molar-refractivity contribution is 7.93. The van der Waals surface area contributed by atoms with Gasteiger partial charge in [-0.05, 0) is 122 Å². The summed E-state index contributed by atoms with van der Waals surface area (Å²) in [7, 11) is -11.3. The second kappa shape index (κ2) is 26.3. The monoisotopic (exact) mass is 1350 g/mol. The van der Waals surface area contributed by atoms with Gasteiger partial charge in [-0.2, -0.15) is 54.8 Å². The van der Waals surface area contributed by atoms with Crippen LogP contribution in [0.1, 0.15) is 146 Å². The van der Waals surface area contributed by atoms with Gasteiger partial charge in [0.2, 0.25) is 44.5 Å². The Kier molecular flexibility index (Phi) is 23.0. The van der Waals surface area contributed by atoms with Gasteiger partial charge in [0.1, 0.15) is 16.8 Å². The number of carbonyl (C=O) groups is 3. The van der Waals surface area contributed by atoms with Crippen LogP contribution in [0.25, 0.3) is 0 Å². The van der Waals surface area contributed by atoms with Gasteiger partial charge in [0.15, 0.2) is 32.2 Å². The third kappa shape index (κ3) is 17.9. The number of piperidine rings is 3. The molecule has 0 bridgehead atoms. The van der Waals surface area contributed by atoms with Gasteiger partial charge in [-0.15, -0.1) is 0 Å². The summed E-state index contributed by atoms with van der Waals surface area (Å²) in [6.07, 6.45) is -16.2. The normalized spacial score (nSPS) is 18.9. The topological polar surface area (TPSA) is 244 Å². The average Bonchev–Trinajstić information content (AvgIpc) is 1.59. The number of hydrogen-bond acceptors (Lipinski definition) is 15. The number of hydrogen-bond donors (Lipinski definition) is 0. The van der Waals surface area contributed by atoms with Gasteiger partial charge in [0.05, 0.1) is 0 Å². The molecule has 0 N–H and O–H groups in total. The maximum absolute atomic E-state index is 15.5. The first-order valence-electron chi connectivity index (χ1n) is 27.0. The maximum atomic E-state index is 15.5. The maximum Gasteiger partial charge on any atom is 0.435 e. The first-order valence-corrected chi connectivity index (χ1v) is 31.4. The van der Waals surface area contributed by atoms with Crippen molar-refractivity contribution < 1.29 is 107 Å². The zero-order chi connectivity index (χ0) is 67.2. The Hall–Kier alpha value is -5.55. The van der Waals surface area contributed by atoms with E-state index >= 15 is 13.2 Å². The summed E-state index contributed by atoms with van der Waals surface area (Å²) in [5.41, 5.74) is -6.34. The minimum Gasteiger partial charge on any atom is -0.444 e. The first-order chi connectivity index (χ1) is 38.9. The molecule has 0 aromatic carbocycles. The van der Waals surface area contributed by atoms with Crippen LogP contribution < -0.4 is 0 Å². The number of nitrogens with zero attached hydrogens (tertiary/aromatic N) is 9. The van der Waals surface area contributed by atoms with Gasteiger partial charge in [0.25, 0.3) is 0 Å². The smallest absolute Gasteiger partial charge is 0.435 e. The van der Waals surface area contributed by atoms with Gasteiger partial charge in [-0.25, -0.2) is 52.8 Å². The van der Waals surface area contributed by atoms with E-state index in [1.54, 1.807) is 62.3 Å². The summed E-state index contributed by atoms with van der Waals surface area (Å²) in [5, 5.41) is -1.56. The van der Waals surface area contributed by atoms with Crippen LogP contribution in [0, 0.1) is 17.8 Å². The Morgan fingerprint density at radius 3 is 0.693 bits per heavy atom. The summed E-state index contributed by atoms with van der Waals surface area (Å²) in [6, 6.07) is 1.01. The molecule has 0 saturated carbocycles. The van der Waals surface area contributed by atoms with Gasteiger partial charge >= 0.3 is 36.8 Å². The van der Waals surface area contributed by atoms with E-state index in [4.69, 9.17) is 14.2 Å². The Labute approximate surface area is 504 Å². The van der Waals surface area contributed by atoms with E-state index in [0.717, 1.165) is 41.9 Å². The van der Waals surface area contributed by atoms with Crippen molar-refractivity contribution in [3.63, 3.8) is 0 Å². The molecule has 3 aliphatic rings. The summed E-state index contributed by atoms with van der Waals surface area (Å²) in [4.78, 5) is 40.4. The third-order valence-corrected chi connectivity index (χ3v) is 21.4. The molecule has 3 aliphatic heterocycles. The lowest BCUT2D eigenvalue weighted by Gasteiger charge is -2.37. The number of aromatic nitrogens is 6. The molecule has 3 amide bonds. The molecule has 6 rings (SSSR count). The zero-order valence-corrected chi connectivity index (χ0v) is 53.1. The van der Waals surface area contributed by atoms with Crippen molar-refractivity contribution in [1.82, 2.24) is 44.0 Å². The van der Waals surface area contributed by atoms with Gasteiger partial charge in [0, 0.05) is 96.4 Å². The number of ether oxygens (including phenoxy) is 3. The molecule has 3 saturated heterocycles. The number of aryl methyl sites for hydroxylation is 3. The molecule has 3 atom stereocenters. The fraction of sp³-hybridized carbons (Fsp3) is 0.769.